The molecule has 2 heterocycles. The predicted molar refractivity (Wildman–Crippen MR) is 64.4 cm³/mol. The molecule has 0 bridgehead atoms. The maximum Gasteiger partial charge on any atom is 0.317 e. The van der Waals surface area contributed by atoms with Gasteiger partial charge < -0.3 is 15.5 Å². The Balaban J connectivity index is 1.91. The summed E-state index contributed by atoms with van der Waals surface area (Å²) in [6.45, 7) is 10.1. The Hall–Kier alpha value is -0.770. The molecule has 4 nitrogen and oxygen atoms in total. The van der Waals surface area contributed by atoms with Gasteiger partial charge in [-0.1, -0.05) is 0 Å². The first-order valence-corrected chi connectivity index (χ1v) is 6.18. The molecule has 2 aliphatic rings. The zero-order valence-electron chi connectivity index (χ0n) is 10.6. The molecule has 0 aromatic heterocycles. The zero-order chi connectivity index (χ0) is 11.8. The molecule has 2 rings (SSSR count). The van der Waals surface area contributed by atoms with Crippen molar-refractivity contribution in [2.45, 2.75) is 39.2 Å². The fraction of sp³-hybridized carbons (Fsp3) is 0.917. The topological polar surface area (TPSA) is 44.4 Å². The summed E-state index contributed by atoms with van der Waals surface area (Å²) in [5.74, 6) is 0. The zero-order valence-corrected chi connectivity index (χ0v) is 10.6. The largest absolute Gasteiger partial charge is 0.333 e. The van der Waals surface area contributed by atoms with Crippen LogP contribution < -0.4 is 10.6 Å². The van der Waals surface area contributed by atoms with E-state index >= 15 is 0 Å². The number of hydrogen-bond donors (Lipinski definition) is 2. The molecule has 16 heavy (non-hydrogen) atoms. The third-order valence-electron chi connectivity index (χ3n) is 3.54. The lowest BCUT2D eigenvalue weighted by atomic mass is 9.87. The van der Waals surface area contributed by atoms with E-state index in [1.165, 1.54) is 6.42 Å². The molecule has 92 valence electrons. The summed E-state index contributed by atoms with van der Waals surface area (Å²) in [4.78, 5) is 14.0. The van der Waals surface area contributed by atoms with Crippen molar-refractivity contribution in [3.8, 4) is 0 Å². The average molecular weight is 225 g/mol. The number of hydrogen-bond acceptors (Lipinski definition) is 2. The predicted octanol–water partition coefficient (Wildman–Crippen LogP) is 1.18. The van der Waals surface area contributed by atoms with Crippen LogP contribution in [-0.2, 0) is 0 Å². The number of rotatable bonds is 0. The fourth-order valence-electron chi connectivity index (χ4n) is 2.65. The normalized spacial score (nSPS) is 30.1. The van der Waals surface area contributed by atoms with Gasteiger partial charge in [-0.2, -0.15) is 0 Å². The second-order valence-electron chi connectivity index (χ2n) is 6.28. The highest BCUT2D eigenvalue weighted by molar-refractivity contribution is 5.75. The minimum Gasteiger partial charge on any atom is -0.333 e. The second kappa shape index (κ2) is 3.91. The smallest absolute Gasteiger partial charge is 0.317 e. The summed E-state index contributed by atoms with van der Waals surface area (Å²) in [5, 5.41) is 6.44. The molecule has 2 aliphatic heterocycles. The van der Waals surface area contributed by atoms with Crippen LogP contribution in [0.2, 0.25) is 0 Å². The highest BCUT2D eigenvalue weighted by atomic mass is 16.2. The van der Waals surface area contributed by atoms with E-state index in [0.29, 0.717) is 5.41 Å². The Morgan fingerprint density at radius 3 is 2.69 bits per heavy atom. The lowest BCUT2D eigenvalue weighted by Gasteiger charge is -2.27. The van der Waals surface area contributed by atoms with E-state index in [9.17, 15) is 4.79 Å². The molecule has 0 aromatic rings. The highest BCUT2D eigenvalue weighted by Gasteiger charge is 2.42. The molecule has 2 saturated heterocycles. The van der Waals surface area contributed by atoms with Gasteiger partial charge in [0, 0.05) is 30.6 Å². The summed E-state index contributed by atoms with van der Waals surface area (Å²) in [6, 6.07) is 0.0938. The van der Waals surface area contributed by atoms with Crippen molar-refractivity contribution in [2.24, 2.45) is 5.41 Å². The molecular formula is C12H23N3O. The minimum absolute atomic E-state index is 0.0938. The Kier molecular flexibility index (Phi) is 2.86. The van der Waals surface area contributed by atoms with Crippen molar-refractivity contribution < 1.29 is 4.79 Å². The number of nitrogens with one attached hydrogen (secondary N) is 2. The summed E-state index contributed by atoms with van der Waals surface area (Å²) in [6.07, 6.45) is 2.36. The standard InChI is InChI=1S/C12H23N3O/c1-11(2,3)14-10(16)15-7-5-12(9-15)4-6-13-8-12/h13H,4-9H2,1-3H3,(H,14,16). The Morgan fingerprint density at radius 1 is 1.38 bits per heavy atom. The number of urea groups is 1. The van der Waals surface area contributed by atoms with Gasteiger partial charge in [0.05, 0.1) is 0 Å². The highest BCUT2D eigenvalue weighted by Crippen LogP contribution is 2.35. The number of carbonyl (C=O) groups is 1. The van der Waals surface area contributed by atoms with Crippen LogP contribution in [0.15, 0.2) is 0 Å². The van der Waals surface area contributed by atoms with E-state index < -0.39 is 0 Å². The summed E-state index contributed by atoms with van der Waals surface area (Å²) in [5.41, 5.74) is 0.232. The number of nitrogens with zero attached hydrogens (tertiary/aromatic N) is 1. The number of carbonyl (C=O) groups excluding carboxylic acids is 1. The van der Waals surface area contributed by atoms with E-state index in [2.05, 4.69) is 10.6 Å². The third kappa shape index (κ3) is 2.48. The third-order valence-corrected chi connectivity index (χ3v) is 3.54. The molecule has 2 fully saturated rings. The van der Waals surface area contributed by atoms with Crippen molar-refractivity contribution >= 4 is 6.03 Å². The molecule has 0 radical (unpaired) electrons. The van der Waals surface area contributed by atoms with Crippen LogP contribution in [0.25, 0.3) is 0 Å². The molecule has 0 aromatic carbocycles. The summed E-state index contributed by atoms with van der Waals surface area (Å²) >= 11 is 0. The maximum absolute atomic E-state index is 12.0. The Bertz CT molecular complexity index is 276. The first-order chi connectivity index (χ1) is 7.40. The molecule has 1 atom stereocenters. The van der Waals surface area contributed by atoms with Gasteiger partial charge in [0.15, 0.2) is 0 Å². The van der Waals surface area contributed by atoms with E-state index in [4.69, 9.17) is 0 Å². The van der Waals surface area contributed by atoms with Crippen molar-refractivity contribution in [1.82, 2.24) is 15.5 Å². The quantitative estimate of drug-likeness (QED) is 0.650. The van der Waals surface area contributed by atoms with Crippen molar-refractivity contribution in [1.29, 1.82) is 0 Å². The van der Waals surface area contributed by atoms with Crippen LogP contribution in [0.5, 0.6) is 0 Å². The van der Waals surface area contributed by atoms with Crippen LogP contribution in [0.3, 0.4) is 0 Å². The van der Waals surface area contributed by atoms with Crippen LogP contribution in [0, 0.1) is 5.41 Å². The number of likely N-dealkylation sites (tertiary alicyclic amines) is 1. The first kappa shape index (κ1) is 11.7. The molecule has 4 heteroatoms. The first-order valence-electron chi connectivity index (χ1n) is 6.18. The van der Waals surface area contributed by atoms with E-state index in [1.54, 1.807) is 0 Å². The molecule has 1 unspecified atom stereocenters. The van der Waals surface area contributed by atoms with Crippen LogP contribution in [0.4, 0.5) is 4.79 Å². The summed E-state index contributed by atoms with van der Waals surface area (Å²) < 4.78 is 0. The van der Waals surface area contributed by atoms with Gasteiger partial charge in [-0.15, -0.1) is 0 Å². The molecular weight excluding hydrogens is 202 g/mol. The average Bonchev–Trinajstić information content (AvgIpc) is 2.74. The number of amides is 2. The molecule has 0 saturated carbocycles. The van der Waals surface area contributed by atoms with Gasteiger partial charge in [-0.3, -0.25) is 0 Å². The lowest BCUT2D eigenvalue weighted by molar-refractivity contribution is 0.192. The lowest BCUT2D eigenvalue weighted by Crippen LogP contribution is -2.48. The van der Waals surface area contributed by atoms with Crippen LogP contribution >= 0.6 is 0 Å². The summed E-state index contributed by atoms with van der Waals surface area (Å²) in [7, 11) is 0. The van der Waals surface area contributed by atoms with Crippen molar-refractivity contribution in [3.63, 3.8) is 0 Å². The van der Waals surface area contributed by atoms with Gasteiger partial charge in [-0.25, -0.2) is 4.79 Å². The molecule has 2 N–H and O–H groups in total. The minimum atomic E-state index is -0.138. The van der Waals surface area contributed by atoms with Gasteiger partial charge in [0.2, 0.25) is 0 Å². The van der Waals surface area contributed by atoms with Crippen molar-refractivity contribution in [2.75, 3.05) is 26.2 Å². The van der Waals surface area contributed by atoms with Gasteiger partial charge in [0.1, 0.15) is 0 Å². The van der Waals surface area contributed by atoms with Crippen LogP contribution in [-0.4, -0.2) is 42.6 Å². The molecule has 1 spiro atoms. The fourth-order valence-corrected chi connectivity index (χ4v) is 2.65. The van der Waals surface area contributed by atoms with Gasteiger partial charge in [0.25, 0.3) is 0 Å². The van der Waals surface area contributed by atoms with E-state index in [-0.39, 0.29) is 11.6 Å². The molecule has 0 aliphatic carbocycles. The van der Waals surface area contributed by atoms with Crippen LogP contribution in [0.1, 0.15) is 33.6 Å². The van der Waals surface area contributed by atoms with Gasteiger partial charge >= 0.3 is 6.03 Å². The Morgan fingerprint density at radius 2 is 2.12 bits per heavy atom. The molecule has 2 amide bonds. The van der Waals surface area contributed by atoms with E-state index in [0.717, 1.165) is 32.6 Å². The SMILES string of the molecule is CC(C)(C)NC(=O)N1CCC2(CCNC2)C1. The van der Waals surface area contributed by atoms with E-state index in [1.807, 2.05) is 25.7 Å². The van der Waals surface area contributed by atoms with Gasteiger partial charge in [-0.05, 0) is 40.2 Å². The monoisotopic (exact) mass is 225 g/mol. The second-order valence-corrected chi connectivity index (χ2v) is 6.28. The Labute approximate surface area is 97.8 Å². The maximum atomic E-state index is 12.0. The van der Waals surface area contributed by atoms with Crippen molar-refractivity contribution in [3.05, 3.63) is 0 Å².